The summed E-state index contributed by atoms with van der Waals surface area (Å²) < 4.78 is 7.71. The molecule has 0 unspecified atom stereocenters. The van der Waals surface area contributed by atoms with Crippen molar-refractivity contribution in [2.75, 3.05) is 13.6 Å². The standard InChI is InChI=1S/C20H28N4O2.ClH/c1-13-7-5-6-8-18(13)24-15(3)17(14(2)22-24)12-23(4)20(25)19-10-9-16(11-21)26-19;/h5-8,16,19H,9-12,21H2,1-4H3;1H/t16-,19+;/m1./s1. The molecule has 6 nitrogen and oxygen atoms in total. The van der Waals surface area contributed by atoms with E-state index in [1.165, 1.54) is 5.56 Å². The lowest BCUT2D eigenvalue weighted by atomic mass is 10.1. The molecule has 1 aromatic heterocycles. The van der Waals surface area contributed by atoms with Crippen LogP contribution in [0.2, 0.25) is 0 Å². The summed E-state index contributed by atoms with van der Waals surface area (Å²) in [6, 6.07) is 8.17. The van der Waals surface area contributed by atoms with Gasteiger partial charge in [-0.2, -0.15) is 5.10 Å². The molecular weight excluding hydrogens is 364 g/mol. The molecule has 2 aromatic rings. The molecule has 1 saturated heterocycles. The highest BCUT2D eigenvalue weighted by atomic mass is 35.5. The number of aromatic nitrogens is 2. The fourth-order valence-corrected chi connectivity index (χ4v) is 3.56. The van der Waals surface area contributed by atoms with Crippen LogP contribution in [0.1, 0.15) is 35.4 Å². The second-order valence-corrected chi connectivity index (χ2v) is 7.10. The summed E-state index contributed by atoms with van der Waals surface area (Å²) in [7, 11) is 1.82. The first kappa shape index (κ1) is 21.4. The number of likely N-dealkylation sites (N-methyl/N-ethyl adjacent to an activating group) is 1. The van der Waals surface area contributed by atoms with E-state index >= 15 is 0 Å². The Kier molecular flexibility index (Phi) is 7.03. The lowest BCUT2D eigenvalue weighted by Gasteiger charge is -2.21. The molecule has 0 bridgehead atoms. The van der Waals surface area contributed by atoms with Crippen molar-refractivity contribution < 1.29 is 9.53 Å². The number of aryl methyl sites for hydroxylation is 2. The largest absolute Gasteiger partial charge is 0.364 e. The number of hydrogen-bond donors (Lipinski definition) is 1. The third-order valence-corrected chi connectivity index (χ3v) is 5.20. The smallest absolute Gasteiger partial charge is 0.251 e. The molecule has 7 heteroatoms. The normalized spacial score (nSPS) is 19.0. The lowest BCUT2D eigenvalue weighted by molar-refractivity contribution is -0.141. The summed E-state index contributed by atoms with van der Waals surface area (Å²) >= 11 is 0. The van der Waals surface area contributed by atoms with Gasteiger partial charge >= 0.3 is 0 Å². The summed E-state index contributed by atoms with van der Waals surface area (Å²) in [5.74, 6) is 0.0170. The van der Waals surface area contributed by atoms with Crippen molar-refractivity contribution in [3.8, 4) is 5.69 Å². The summed E-state index contributed by atoms with van der Waals surface area (Å²) in [5, 5.41) is 4.71. The van der Waals surface area contributed by atoms with Crippen molar-refractivity contribution in [3.05, 3.63) is 46.8 Å². The van der Waals surface area contributed by atoms with Crippen LogP contribution in [0.5, 0.6) is 0 Å². The minimum absolute atomic E-state index is 0. The molecule has 1 amide bonds. The maximum absolute atomic E-state index is 12.7. The molecule has 148 valence electrons. The van der Waals surface area contributed by atoms with Gasteiger partial charge in [0.15, 0.2) is 0 Å². The topological polar surface area (TPSA) is 73.4 Å². The monoisotopic (exact) mass is 392 g/mol. The van der Waals surface area contributed by atoms with Crippen molar-refractivity contribution in [1.29, 1.82) is 0 Å². The molecular formula is C20H29ClN4O2. The molecule has 2 N–H and O–H groups in total. The van der Waals surface area contributed by atoms with Crippen molar-refractivity contribution in [1.82, 2.24) is 14.7 Å². The Labute approximate surface area is 167 Å². The van der Waals surface area contributed by atoms with Crippen LogP contribution in [0.3, 0.4) is 0 Å². The van der Waals surface area contributed by atoms with Gasteiger partial charge in [-0.25, -0.2) is 4.68 Å². The maximum Gasteiger partial charge on any atom is 0.251 e. The fourth-order valence-electron chi connectivity index (χ4n) is 3.56. The molecule has 1 aliphatic rings. The van der Waals surface area contributed by atoms with Crippen molar-refractivity contribution in [2.45, 2.75) is 52.4 Å². The van der Waals surface area contributed by atoms with E-state index in [9.17, 15) is 4.79 Å². The Morgan fingerprint density at radius 2 is 2.00 bits per heavy atom. The van der Waals surface area contributed by atoms with Gasteiger partial charge in [-0.1, -0.05) is 18.2 Å². The summed E-state index contributed by atoms with van der Waals surface area (Å²) in [6.07, 6.45) is 1.22. The Bertz CT molecular complexity index is 805. The van der Waals surface area contributed by atoms with E-state index in [4.69, 9.17) is 15.6 Å². The number of benzene rings is 1. The van der Waals surface area contributed by atoms with Gasteiger partial charge in [0.1, 0.15) is 6.10 Å². The van der Waals surface area contributed by atoms with Crippen LogP contribution in [-0.2, 0) is 16.1 Å². The molecule has 2 atom stereocenters. The van der Waals surface area contributed by atoms with E-state index in [1.807, 2.05) is 30.8 Å². The number of hydrogen-bond acceptors (Lipinski definition) is 4. The summed E-state index contributed by atoms with van der Waals surface area (Å²) in [5.41, 5.74) is 11.0. The highest BCUT2D eigenvalue weighted by Crippen LogP contribution is 2.24. The summed E-state index contributed by atoms with van der Waals surface area (Å²) in [6.45, 7) is 7.11. The Morgan fingerprint density at radius 1 is 1.30 bits per heavy atom. The van der Waals surface area contributed by atoms with Gasteiger partial charge in [-0.05, 0) is 45.2 Å². The van der Waals surface area contributed by atoms with Gasteiger partial charge < -0.3 is 15.4 Å². The minimum Gasteiger partial charge on any atom is -0.364 e. The second-order valence-electron chi connectivity index (χ2n) is 7.10. The van der Waals surface area contributed by atoms with Gasteiger partial charge in [0, 0.05) is 31.4 Å². The van der Waals surface area contributed by atoms with Gasteiger partial charge in [0.05, 0.1) is 17.5 Å². The number of nitrogens with two attached hydrogens (primary N) is 1. The molecule has 0 spiro atoms. The fraction of sp³-hybridized carbons (Fsp3) is 0.500. The van der Waals surface area contributed by atoms with Crippen LogP contribution in [0.15, 0.2) is 24.3 Å². The van der Waals surface area contributed by atoms with Crippen LogP contribution in [0.4, 0.5) is 0 Å². The van der Waals surface area contributed by atoms with Crippen molar-refractivity contribution >= 4 is 18.3 Å². The van der Waals surface area contributed by atoms with E-state index in [1.54, 1.807) is 4.90 Å². The summed E-state index contributed by atoms with van der Waals surface area (Å²) in [4.78, 5) is 14.4. The first-order valence-electron chi connectivity index (χ1n) is 9.14. The zero-order valence-electron chi connectivity index (χ0n) is 16.4. The minimum atomic E-state index is -0.374. The second kappa shape index (κ2) is 8.87. The zero-order chi connectivity index (χ0) is 18.8. The predicted octanol–water partition coefficient (Wildman–Crippen LogP) is 2.68. The first-order chi connectivity index (χ1) is 12.4. The van der Waals surface area contributed by atoms with Crippen molar-refractivity contribution in [2.24, 2.45) is 5.73 Å². The number of ether oxygens (including phenoxy) is 1. The average molecular weight is 393 g/mol. The molecule has 3 rings (SSSR count). The molecule has 0 aliphatic carbocycles. The third kappa shape index (κ3) is 4.34. The highest BCUT2D eigenvalue weighted by Gasteiger charge is 2.32. The molecule has 2 heterocycles. The van der Waals surface area contributed by atoms with Gasteiger partial charge in [0.25, 0.3) is 5.91 Å². The van der Waals surface area contributed by atoms with Crippen LogP contribution >= 0.6 is 12.4 Å². The SMILES string of the molecule is Cc1ccccc1-n1nc(C)c(CN(C)C(=O)[C@@H]2CC[C@H](CN)O2)c1C.Cl. The first-order valence-corrected chi connectivity index (χ1v) is 9.14. The van der Waals surface area contributed by atoms with E-state index in [0.717, 1.165) is 35.5 Å². The number of carbonyl (C=O) groups is 1. The van der Waals surface area contributed by atoms with Crippen LogP contribution in [0.25, 0.3) is 5.69 Å². The Balaban J connectivity index is 0.00000261. The number of halogens is 1. The van der Waals surface area contributed by atoms with E-state index in [0.29, 0.717) is 13.1 Å². The number of amides is 1. The van der Waals surface area contributed by atoms with Crippen LogP contribution in [-0.4, -0.2) is 46.4 Å². The Hall–Kier alpha value is -1.89. The number of rotatable bonds is 5. The van der Waals surface area contributed by atoms with E-state index < -0.39 is 0 Å². The molecule has 1 aliphatic heterocycles. The van der Waals surface area contributed by atoms with Gasteiger partial charge in [0.2, 0.25) is 0 Å². The highest BCUT2D eigenvalue weighted by molar-refractivity contribution is 5.85. The molecule has 27 heavy (non-hydrogen) atoms. The predicted molar refractivity (Wildman–Crippen MR) is 108 cm³/mol. The number of para-hydroxylation sites is 1. The quantitative estimate of drug-likeness (QED) is 0.848. The number of nitrogens with zero attached hydrogens (tertiary/aromatic N) is 3. The Morgan fingerprint density at radius 3 is 2.63 bits per heavy atom. The lowest BCUT2D eigenvalue weighted by Crippen LogP contribution is -2.37. The van der Waals surface area contributed by atoms with Crippen molar-refractivity contribution in [3.63, 3.8) is 0 Å². The number of carbonyl (C=O) groups excluding carboxylic acids is 1. The van der Waals surface area contributed by atoms with Crippen LogP contribution in [0, 0.1) is 20.8 Å². The average Bonchev–Trinajstić information content (AvgIpc) is 3.21. The molecule has 1 fully saturated rings. The van der Waals surface area contributed by atoms with Gasteiger partial charge in [-0.15, -0.1) is 12.4 Å². The third-order valence-electron chi connectivity index (χ3n) is 5.20. The maximum atomic E-state index is 12.7. The van der Waals surface area contributed by atoms with E-state index in [2.05, 4.69) is 26.0 Å². The van der Waals surface area contributed by atoms with E-state index in [-0.39, 0.29) is 30.5 Å². The molecule has 1 aromatic carbocycles. The molecule has 0 radical (unpaired) electrons. The zero-order valence-corrected chi connectivity index (χ0v) is 17.3. The van der Waals surface area contributed by atoms with Crippen LogP contribution < -0.4 is 5.73 Å². The van der Waals surface area contributed by atoms with Gasteiger partial charge in [-0.3, -0.25) is 4.79 Å². The molecule has 0 saturated carbocycles.